The van der Waals surface area contributed by atoms with Gasteiger partial charge in [0.15, 0.2) is 0 Å². The van der Waals surface area contributed by atoms with Gasteiger partial charge in [0, 0.05) is 6.54 Å². The summed E-state index contributed by atoms with van der Waals surface area (Å²) in [6.45, 7) is 6.72. The van der Waals surface area contributed by atoms with Crippen LogP contribution in [-0.4, -0.2) is 17.3 Å². The van der Waals surface area contributed by atoms with Crippen LogP contribution < -0.4 is 5.73 Å². The smallest absolute Gasteiger partial charge is 0.0769 e. The number of hydrogen-bond donors (Lipinski definition) is 2. The molecule has 0 aromatic carbocycles. The fraction of sp³-hybridized carbons (Fsp3) is 1.00. The van der Waals surface area contributed by atoms with E-state index >= 15 is 0 Å². The van der Waals surface area contributed by atoms with Crippen LogP contribution in [0.5, 0.6) is 0 Å². The molecule has 0 aromatic heterocycles. The Labute approximate surface area is 76.2 Å². The minimum Gasteiger partial charge on any atom is -0.389 e. The predicted molar refractivity (Wildman–Crippen MR) is 53.0 cm³/mol. The highest BCUT2D eigenvalue weighted by Crippen LogP contribution is 2.23. The van der Waals surface area contributed by atoms with Crippen molar-refractivity contribution in [2.45, 2.75) is 52.1 Å². The Morgan fingerprint density at radius 1 is 1.25 bits per heavy atom. The highest BCUT2D eigenvalue weighted by atomic mass is 16.3. The Bertz CT molecular complexity index is 106. The average Bonchev–Trinajstić information content (AvgIpc) is 2.14. The molecule has 0 bridgehead atoms. The molecule has 0 aliphatic rings. The van der Waals surface area contributed by atoms with Crippen LogP contribution >= 0.6 is 0 Å². The van der Waals surface area contributed by atoms with Crippen molar-refractivity contribution in [3.8, 4) is 0 Å². The molecule has 0 aliphatic carbocycles. The van der Waals surface area contributed by atoms with E-state index in [0.717, 1.165) is 25.7 Å². The van der Waals surface area contributed by atoms with Crippen molar-refractivity contribution in [2.24, 2.45) is 11.7 Å². The van der Waals surface area contributed by atoms with Crippen molar-refractivity contribution in [1.82, 2.24) is 0 Å². The van der Waals surface area contributed by atoms with Gasteiger partial charge in [0.25, 0.3) is 0 Å². The molecule has 0 spiro atoms. The van der Waals surface area contributed by atoms with Gasteiger partial charge in [0.05, 0.1) is 5.60 Å². The van der Waals surface area contributed by atoms with Crippen LogP contribution in [0, 0.1) is 5.92 Å². The van der Waals surface area contributed by atoms with Gasteiger partial charge >= 0.3 is 0 Å². The van der Waals surface area contributed by atoms with Gasteiger partial charge in [-0.1, -0.05) is 33.6 Å². The molecule has 74 valence electrons. The van der Waals surface area contributed by atoms with Crippen molar-refractivity contribution in [2.75, 3.05) is 6.54 Å². The normalized spacial score (nSPS) is 16.5. The summed E-state index contributed by atoms with van der Waals surface area (Å²) in [6, 6.07) is 0. The van der Waals surface area contributed by atoms with E-state index in [2.05, 4.69) is 13.8 Å². The Morgan fingerprint density at radius 3 is 2.00 bits per heavy atom. The van der Waals surface area contributed by atoms with Crippen molar-refractivity contribution in [3.05, 3.63) is 0 Å². The van der Waals surface area contributed by atoms with Crippen molar-refractivity contribution in [3.63, 3.8) is 0 Å². The van der Waals surface area contributed by atoms with Crippen LogP contribution in [0.1, 0.15) is 46.5 Å². The second-order valence-corrected chi connectivity index (χ2v) is 3.67. The second kappa shape index (κ2) is 5.55. The first-order valence-corrected chi connectivity index (χ1v) is 5.04. The monoisotopic (exact) mass is 173 g/mol. The Balaban J connectivity index is 3.99. The molecule has 0 rings (SSSR count). The van der Waals surface area contributed by atoms with Crippen LogP contribution in [0.2, 0.25) is 0 Å². The van der Waals surface area contributed by atoms with Crippen LogP contribution in [0.4, 0.5) is 0 Å². The summed E-state index contributed by atoms with van der Waals surface area (Å²) in [5.41, 5.74) is 4.91. The minimum atomic E-state index is -0.614. The van der Waals surface area contributed by atoms with Crippen LogP contribution in [0.15, 0.2) is 0 Å². The van der Waals surface area contributed by atoms with E-state index in [4.69, 9.17) is 5.73 Å². The third-order valence-electron chi connectivity index (χ3n) is 2.86. The second-order valence-electron chi connectivity index (χ2n) is 3.67. The van der Waals surface area contributed by atoms with Gasteiger partial charge in [-0.05, 0) is 18.8 Å². The summed E-state index contributed by atoms with van der Waals surface area (Å²) in [7, 11) is 0. The summed E-state index contributed by atoms with van der Waals surface area (Å²) >= 11 is 0. The predicted octanol–water partition coefficient (Wildman–Crippen LogP) is 1.91. The van der Waals surface area contributed by atoms with Crippen LogP contribution in [0.25, 0.3) is 0 Å². The van der Waals surface area contributed by atoms with Crippen molar-refractivity contribution in [1.29, 1.82) is 0 Å². The molecule has 2 heteroatoms. The zero-order chi connectivity index (χ0) is 9.61. The quantitative estimate of drug-likeness (QED) is 0.644. The minimum absolute atomic E-state index is 0.389. The first kappa shape index (κ1) is 11.9. The summed E-state index contributed by atoms with van der Waals surface area (Å²) in [5, 5.41) is 9.94. The van der Waals surface area contributed by atoms with Crippen LogP contribution in [-0.2, 0) is 0 Å². The maximum Gasteiger partial charge on any atom is 0.0769 e. The van der Waals surface area contributed by atoms with E-state index in [-0.39, 0.29) is 0 Å². The Kier molecular flexibility index (Phi) is 5.51. The zero-order valence-corrected chi connectivity index (χ0v) is 8.64. The van der Waals surface area contributed by atoms with Gasteiger partial charge in [-0.2, -0.15) is 0 Å². The van der Waals surface area contributed by atoms with Crippen molar-refractivity contribution < 1.29 is 5.11 Å². The molecule has 0 heterocycles. The number of nitrogens with two attached hydrogens (primary N) is 1. The third-order valence-corrected chi connectivity index (χ3v) is 2.86. The molecule has 0 radical (unpaired) electrons. The number of rotatable bonds is 6. The first-order chi connectivity index (χ1) is 5.61. The molecule has 0 fully saturated rings. The third kappa shape index (κ3) is 3.55. The standard InChI is InChI=1S/C10H23NO/c1-4-9(5-2)7-10(12,6-3)8-11/h9,12H,4-8,11H2,1-3H3. The SMILES string of the molecule is CCC(CC)CC(O)(CC)CN. The average molecular weight is 173 g/mol. The largest absolute Gasteiger partial charge is 0.389 e. The Hall–Kier alpha value is -0.0800. The van der Waals surface area contributed by atoms with E-state index in [0.29, 0.717) is 12.5 Å². The lowest BCUT2D eigenvalue weighted by atomic mass is 9.85. The summed E-state index contributed by atoms with van der Waals surface area (Å²) < 4.78 is 0. The van der Waals surface area contributed by atoms with E-state index in [1.54, 1.807) is 0 Å². The van der Waals surface area contributed by atoms with E-state index in [1.165, 1.54) is 0 Å². The number of aliphatic hydroxyl groups is 1. The Morgan fingerprint density at radius 2 is 1.75 bits per heavy atom. The van der Waals surface area contributed by atoms with E-state index in [1.807, 2.05) is 6.92 Å². The molecule has 0 saturated heterocycles. The summed E-state index contributed by atoms with van der Waals surface area (Å²) in [4.78, 5) is 0. The van der Waals surface area contributed by atoms with Gasteiger partial charge in [0.1, 0.15) is 0 Å². The highest BCUT2D eigenvalue weighted by Gasteiger charge is 2.25. The molecule has 12 heavy (non-hydrogen) atoms. The maximum absolute atomic E-state index is 9.94. The summed E-state index contributed by atoms with van der Waals surface area (Å²) in [6.07, 6.45) is 3.89. The molecule has 3 N–H and O–H groups in total. The molecular formula is C10H23NO. The van der Waals surface area contributed by atoms with E-state index < -0.39 is 5.60 Å². The van der Waals surface area contributed by atoms with Gasteiger partial charge < -0.3 is 10.8 Å². The molecule has 1 atom stereocenters. The molecule has 0 amide bonds. The highest BCUT2D eigenvalue weighted by molar-refractivity contribution is 4.80. The van der Waals surface area contributed by atoms with Gasteiger partial charge in [-0.25, -0.2) is 0 Å². The van der Waals surface area contributed by atoms with Gasteiger partial charge in [-0.3, -0.25) is 0 Å². The van der Waals surface area contributed by atoms with Gasteiger partial charge in [-0.15, -0.1) is 0 Å². The van der Waals surface area contributed by atoms with E-state index in [9.17, 15) is 5.11 Å². The first-order valence-electron chi connectivity index (χ1n) is 5.04. The molecule has 0 aliphatic heterocycles. The lowest BCUT2D eigenvalue weighted by molar-refractivity contribution is 0.0188. The fourth-order valence-electron chi connectivity index (χ4n) is 1.49. The molecule has 2 nitrogen and oxygen atoms in total. The topological polar surface area (TPSA) is 46.2 Å². The van der Waals surface area contributed by atoms with Crippen LogP contribution in [0.3, 0.4) is 0 Å². The molecular weight excluding hydrogens is 150 g/mol. The zero-order valence-electron chi connectivity index (χ0n) is 8.64. The van der Waals surface area contributed by atoms with Crippen molar-refractivity contribution >= 4 is 0 Å². The number of hydrogen-bond acceptors (Lipinski definition) is 2. The molecule has 0 saturated carbocycles. The lowest BCUT2D eigenvalue weighted by Gasteiger charge is -2.28. The van der Waals surface area contributed by atoms with Gasteiger partial charge in [0.2, 0.25) is 0 Å². The molecule has 0 aromatic rings. The fourth-order valence-corrected chi connectivity index (χ4v) is 1.49. The molecule has 1 unspecified atom stereocenters. The lowest BCUT2D eigenvalue weighted by Crippen LogP contribution is -2.38. The maximum atomic E-state index is 9.94. The summed E-state index contributed by atoms with van der Waals surface area (Å²) in [5.74, 6) is 0.624.